The van der Waals surface area contributed by atoms with Gasteiger partial charge in [0.1, 0.15) is 0 Å². The summed E-state index contributed by atoms with van der Waals surface area (Å²) in [5, 5.41) is 2.88. The van der Waals surface area contributed by atoms with Crippen molar-refractivity contribution in [2.45, 2.75) is 6.54 Å². The minimum Gasteiger partial charge on any atom is -0.369 e. The molecule has 1 fully saturated rings. The van der Waals surface area contributed by atoms with Crippen molar-refractivity contribution in [2.75, 3.05) is 34.8 Å². The second kappa shape index (κ2) is 7.25. The van der Waals surface area contributed by atoms with Crippen molar-refractivity contribution < 1.29 is 13.2 Å². The van der Waals surface area contributed by atoms with Crippen molar-refractivity contribution in [3.8, 4) is 0 Å². The van der Waals surface area contributed by atoms with Gasteiger partial charge in [0.2, 0.25) is 0 Å². The van der Waals surface area contributed by atoms with Crippen molar-refractivity contribution in [1.82, 2.24) is 0 Å². The second-order valence-electron chi connectivity index (χ2n) is 6.04. The zero-order valence-electron chi connectivity index (χ0n) is 13.8. The minimum absolute atomic E-state index is 0.164. The summed E-state index contributed by atoms with van der Waals surface area (Å²) >= 11 is 0. The SMILES string of the molecule is NCc1ccc(C(=O)Nc2cccc(N3CCS(=O)(=O)CC3)c2)cc1. The van der Waals surface area contributed by atoms with Gasteiger partial charge >= 0.3 is 0 Å². The first-order chi connectivity index (χ1) is 12.0. The molecule has 0 aliphatic carbocycles. The normalized spacial score (nSPS) is 16.4. The average molecular weight is 359 g/mol. The predicted octanol–water partition coefficient (Wildman–Crippen LogP) is 1.63. The van der Waals surface area contributed by atoms with Crippen LogP contribution in [0.2, 0.25) is 0 Å². The van der Waals surface area contributed by atoms with Crippen LogP contribution in [0.15, 0.2) is 48.5 Å². The van der Waals surface area contributed by atoms with E-state index in [1.807, 2.05) is 41.3 Å². The maximum absolute atomic E-state index is 12.4. The van der Waals surface area contributed by atoms with Crippen LogP contribution in [0.25, 0.3) is 0 Å². The van der Waals surface area contributed by atoms with E-state index in [-0.39, 0.29) is 17.4 Å². The fourth-order valence-corrected chi connectivity index (χ4v) is 3.95. The van der Waals surface area contributed by atoms with E-state index in [0.29, 0.717) is 30.9 Å². The first-order valence-corrected chi connectivity index (χ1v) is 9.95. The van der Waals surface area contributed by atoms with E-state index >= 15 is 0 Å². The molecule has 1 heterocycles. The van der Waals surface area contributed by atoms with Gasteiger partial charge < -0.3 is 16.0 Å². The summed E-state index contributed by atoms with van der Waals surface area (Å²) in [6, 6.07) is 14.6. The molecule has 0 aromatic heterocycles. The number of hydrogen-bond donors (Lipinski definition) is 2. The van der Waals surface area contributed by atoms with Crippen LogP contribution in [0.4, 0.5) is 11.4 Å². The Bertz CT molecular complexity index is 849. The van der Waals surface area contributed by atoms with Crippen molar-refractivity contribution in [1.29, 1.82) is 0 Å². The molecule has 2 aromatic carbocycles. The number of rotatable bonds is 4. The summed E-state index contributed by atoms with van der Waals surface area (Å²) in [7, 11) is -2.91. The van der Waals surface area contributed by atoms with Crippen LogP contribution in [0.3, 0.4) is 0 Å². The third-order valence-electron chi connectivity index (χ3n) is 4.27. The Morgan fingerprint density at radius 2 is 1.76 bits per heavy atom. The van der Waals surface area contributed by atoms with Crippen LogP contribution in [0, 0.1) is 0 Å². The molecule has 1 saturated heterocycles. The molecule has 0 bridgehead atoms. The van der Waals surface area contributed by atoms with E-state index in [1.165, 1.54) is 0 Å². The molecular weight excluding hydrogens is 338 g/mol. The molecule has 3 N–H and O–H groups in total. The summed E-state index contributed by atoms with van der Waals surface area (Å²) in [5.74, 6) is 0.135. The third-order valence-corrected chi connectivity index (χ3v) is 5.87. The van der Waals surface area contributed by atoms with Crippen LogP contribution < -0.4 is 16.0 Å². The Morgan fingerprint density at radius 1 is 1.08 bits per heavy atom. The van der Waals surface area contributed by atoms with Gasteiger partial charge in [-0.1, -0.05) is 18.2 Å². The van der Waals surface area contributed by atoms with E-state index in [0.717, 1.165) is 11.3 Å². The molecule has 132 valence electrons. The van der Waals surface area contributed by atoms with Gasteiger partial charge in [-0.15, -0.1) is 0 Å². The van der Waals surface area contributed by atoms with Crippen LogP contribution >= 0.6 is 0 Å². The lowest BCUT2D eigenvalue weighted by atomic mass is 10.1. The van der Waals surface area contributed by atoms with Crippen LogP contribution in [-0.2, 0) is 16.4 Å². The number of anilines is 2. The van der Waals surface area contributed by atoms with Crippen LogP contribution in [0.1, 0.15) is 15.9 Å². The van der Waals surface area contributed by atoms with E-state index in [2.05, 4.69) is 5.32 Å². The van der Waals surface area contributed by atoms with Gasteiger partial charge in [0, 0.05) is 36.6 Å². The smallest absolute Gasteiger partial charge is 0.255 e. The number of nitrogens with zero attached hydrogens (tertiary/aromatic N) is 1. The summed E-state index contributed by atoms with van der Waals surface area (Å²) in [6.45, 7) is 1.38. The molecule has 0 saturated carbocycles. The zero-order valence-corrected chi connectivity index (χ0v) is 14.6. The quantitative estimate of drug-likeness (QED) is 0.866. The Balaban J connectivity index is 1.70. The summed E-state index contributed by atoms with van der Waals surface area (Å²) < 4.78 is 23.1. The molecule has 3 rings (SSSR count). The van der Waals surface area contributed by atoms with E-state index < -0.39 is 9.84 Å². The van der Waals surface area contributed by atoms with Gasteiger partial charge in [-0.25, -0.2) is 8.42 Å². The summed E-state index contributed by atoms with van der Waals surface area (Å²) in [5.41, 5.74) is 8.68. The highest BCUT2D eigenvalue weighted by atomic mass is 32.2. The summed E-state index contributed by atoms with van der Waals surface area (Å²) in [6.07, 6.45) is 0. The molecule has 1 aliphatic rings. The summed E-state index contributed by atoms with van der Waals surface area (Å²) in [4.78, 5) is 14.4. The number of carbonyl (C=O) groups excluding carboxylic acids is 1. The number of nitrogens with two attached hydrogens (primary N) is 1. The average Bonchev–Trinajstić information content (AvgIpc) is 2.62. The standard InChI is InChI=1S/C18H21N3O3S/c19-13-14-4-6-15(7-5-14)18(22)20-16-2-1-3-17(12-16)21-8-10-25(23,24)11-9-21/h1-7,12H,8-11,13,19H2,(H,20,22). The first-order valence-electron chi connectivity index (χ1n) is 8.13. The maximum Gasteiger partial charge on any atom is 0.255 e. The van der Waals surface area contributed by atoms with Gasteiger partial charge in [-0.05, 0) is 35.9 Å². The van der Waals surface area contributed by atoms with Gasteiger partial charge in [0.15, 0.2) is 9.84 Å². The van der Waals surface area contributed by atoms with Crippen LogP contribution in [-0.4, -0.2) is 38.9 Å². The topological polar surface area (TPSA) is 92.5 Å². The highest BCUT2D eigenvalue weighted by Gasteiger charge is 2.21. The van der Waals surface area contributed by atoms with Crippen molar-refractivity contribution in [3.63, 3.8) is 0 Å². The maximum atomic E-state index is 12.4. The number of sulfone groups is 1. The Kier molecular flexibility index (Phi) is 5.06. The highest BCUT2D eigenvalue weighted by Crippen LogP contribution is 2.22. The Hall–Kier alpha value is -2.38. The molecule has 2 aromatic rings. The lowest BCUT2D eigenvalue weighted by molar-refractivity contribution is 0.102. The van der Waals surface area contributed by atoms with Gasteiger partial charge in [-0.2, -0.15) is 0 Å². The second-order valence-corrected chi connectivity index (χ2v) is 8.35. The lowest BCUT2D eigenvalue weighted by Crippen LogP contribution is -2.40. The third kappa shape index (κ3) is 4.37. The molecule has 25 heavy (non-hydrogen) atoms. The van der Waals surface area contributed by atoms with Crippen LogP contribution in [0.5, 0.6) is 0 Å². The molecular formula is C18H21N3O3S. The fourth-order valence-electron chi connectivity index (χ4n) is 2.75. The number of carbonyl (C=O) groups is 1. The molecule has 0 atom stereocenters. The highest BCUT2D eigenvalue weighted by molar-refractivity contribution is 7.91. The molecule has 6 nitrogen and oxygen atoms in total. The monoisotopic (exact) mass is 359 g/mol. The fraction of sp³-hybridized carbons (Fsp3) is 0.278. The molecule has 0 spiro atoms. The van der Waals surface area contributed by atoms with Gasteiger partial charge in [-0.3, -0.25) is 4.79 Å². The first kappa shape index (κ1) is 17.4. The molecule has 1 aliphatic heterocycles. The van der Waals surface area contributed by atoms with Gasteiger partial charge in [0.25, 0.3) is 5.91 Å². The molecule has 1 amide bonds. The van der Waals surface area contributed by atoms with Crippen molar-refractivity contribution >= 4 is 27.1 Å². The van der Waals surface area contributed by atoms with E-state index in [9.17, 15) is 13.2 Å². The Morgan fingerprint density at radius 3 is 2.40 bits per heavy atom. The van der Waals surface area contributed by atoms with Crippen molar-refractivity contribution in [3.05, 3.63) is 59.7 Å². The lowest BCUT2D eigenvalue weighted by Gasteiger charge is -2.29. The largest absolute Gasteiger partial charge is 0.369 e. The number of hydrogen-bond acceptors (Lipinski definition) is 5. The number of benzene rings is 2. The molecule has 0 radical (unpaired) electrons. The molecule has 0 unspecified atom stereocenters. The number of nitrogens with one attached hydrogen (secondary N) is 1. The van der Waals surface area contributed by atoms with E-state index in [1.54, 1.807) is 12.1 Å². The minimum atomic E-state index is -2.91. The number of amides is 1. The Labute approximate surface area is 147 Å². The molecule has 7 heteroatoms. The van der Waals surface area contributed by atoms with E-state index in [4.69, 9.17) is 5.73 Å². The predicted molar refractivity (Wildman–Crippen MR) is 99.6 cm³/mol. The van der Waals surface area contributed by atoms with Gasteiger partial charge in [0.05, 0.1) is 11.5 Å². The zero-order chi connectivity index (χ0) is 17.9. The van der Waals surface area contributed by atoms with Crippen molar-refractivity contribution in [2.24, 2.45) is 5.73 Å².